The van der Waals surface area contributed by atoms with Gasteiger partial charge in [-0.05, 0) is 66.4 Å². The van der Waals surface area contributed by atoms with Crippen molar-refractivity contribution in [1.82, 2.24) is 4.31 Å². The van der Waals surface area contributed by atoms with Crippen molar-refractivity contribution < 1.29 is 23.4 Å². The number of aliphatic carboxylic acids is 1. The van der Waals surface area contributed by atoms with Crippen molar-refractivity contribution in [3.63, 3.8) is 0 Å². The normalized spacial score (nSPS) is 16.2. The lowest BCUT2D eigenvalue weighted by atomic mass is 9.87. The smallest absolute Gasteiger partial charge is 0.320 e. The second kappa shape index (κ2) is 9.28. The van der Waals surface area contributed by atoms with Gasteiger partial charge in [0, 0.05) is 10.5 Å². The third kappa shape index (κ3) is 4.93. The van der Waals surface area contributed by atoms with Gasteiger partial charge in [-0.15, -0.1) is 0 Å². The molecule has 1 fully saturated rings. The highest BCUT2D eigenvalue weighted by Crippen LogP contribution is 2.43. The van der Waals surface area contributed by atoms with Crippen LogP contribution in [0.4, 0.5) is 8.78 Å². The fourth-order valence-corrected chi connectivity index (χ4v) is 4.84. The Morgan fingerprint density at radius 3 is 2.50 bits per heavy atom. The van der Waals surface area contributed by atoms with Crippen molar-refractivity contribution in [2.45, 2.75) is 23.0 Å². The molecule has 1 saturated heterocycles. The van der Waals surface area contributed by atoms with E-state index in [-0.39, 0.29) is 18.1 Å². The van der Waals surface area contributed by atoms with Crippen LogP contribution in [0.2, 0.25) is 0 Å². The summed E-state index contributed by atoms with van der Waals surface area (Å²) < 4.78 is 36.2. The van der Waals surface area contributed by atoms with Crippen LogP contribution in [0, 0.1) is 11.6 Å². The Bertz CT molecular complexity index is 1100. The molecule has 32 heavy (non-hydrogen) atoms. The Kier molecular flexibility index (Phi) is 6.45. The Labute approximate surface area is 188 Å². The van der Waals surface area contributed by atoms with Gasteiger partial charge in [0.25, 0.3) is 0 Å². The fourth-order valence-electron chi connectivity index (χ4n) is 3.66. The van der Waals surface area contributed by atoms with Gasteiger partial charge in [0.1, 0.15) is 23.4 Å². The van der Waals surface area contributed by atoms with Crippen LogP contribution in [0.5, 0.6) is 5.75 Å². The van der Waals surface area contributed by atoms with Crippen LogP contribution in [-0.2, 0) is 16.8 Å². The van der Waals surface area contributed by atoms with Crippen LogP contribution in [0.25, 0.3) is 0 Å². The summed E-state index contributed by atoms with van der Waals surface area (Å²) >= 11 is 1.48. The molecule has 4 rings (SSSR count). The topological polar surface area (TPSA) is 75.8 Å². The van der Waals surface area contributed by atoms with Gasteiger partial charge in [0.05, 0.1) is 13.1 Å². The molecule has 0 amide bonds. The summed E-state index contributed by atoms with van der Waals surface area (Å²) in [5.41, 5.74) is 6.01. The van der Waals surface area contributed by atoms with Gasteiger partial charge in [0.2, 0.25) is 0 Å². The van der Waals surface area contributed by atoms with Crippen LogP contribution in [-0.4, -0.2) is 34.5 Å². The lowest BCUT2D eigenvalue weighted by Gasteiger charge is -2.49. The highest BCUT2D eigenvalue weighted by atomic mass is 32.2. The van der Waals surface area contributed by atoms with E-state index in [0.29, 0.717) is 24.4 Å². The summed E-state index contributed by atoms with van der Waals surface area (Å²) in [6.45, 7) is 0.823. The molecule has 3 aromatic rings. The van der Waals surface area contributed by atoms with Crippen LogP contribution in [0.1, 0.15) is 11.1 Å². The SMILES string of the molecule is N[C@@H](Cc1cccc(SN2CC(Oc3ccc(F)cc3)(c3ccccc3F)C2)c1)C(=O)O. The number of rotatable bonds is 8. The minimum Gasteiger partial charge on any atom is -0.480 e. The van der Waals surface area contributed by atoms with E-state index in [1.165, 1.54) is 42.3 Å². The number of carboxylic acids is 1. The summed E-state index contributed by atoms with van der Waals surface area (Å²) in [5, 5.41) is 9.03. The Balaban J connectivity index is 1.50. The molecule has 5 nitrogen and oxygen atoms in total. The van der Waals surface area contributed by atoms with Gasteiger partial charge in [-0.3, -0.25) is 4.79 Å². The molecule has 8 heteroatoms. The van der Waals surface area contributed by atoms with Crippen molar-refractivity contribution >= 4 is 17.9 Å². The lowest BCUT2D eigenvalue weighted by Crippen LogP contribution is -2.60. The van der Waals surface area contributed by atoms with Crippen LogP contribution in [0.3, 0.4) is 0 Å². The molecule has 0 aliphatic carbocycles. The van der Waals surface area contributed by atoms with E-state index >= 15 is 0 Å². The largest absolute Gasteiger partial charge is 0.480 e. The number of carboxylic acid groups (broad SMARTS) is 1. The molecule has 3 aromatic carbocycles. The molecular weight excluding hydrogens is 434 g/mol. The molecule has 0 unspecified atom stereocenters. The number of hydrogen-bond donors (Lipinski definition) is 2. The molecule has 0 radical (unpaired) electrons. The molecule has 3 N–H and O–H groups in total. The zero-order chi connectivity index (χ0) is 22.7. The predicted molar refractivity (Wildman–Crippen MR) is 118 cm³/mol. The first-order valence-electron chi connectivity index (χ1n) is 10.0. The first-order chi connectivity index (χ1) is 15.3. The molecule has 0 spiro atoms. The van der Waals surface area contributed by atoms with E-state index in [1.807, 2.05) is 28.6 Å². The number of hydrogen-bond acceptors (Lipinski definition) is 5. The van der Waals surface area contributed by atoms with Crippen LogP contribution >= 0.6 is 11.9 Å². The predicted octanol–water partition coefficient (Wildman–Crippen LogP) is 4.22. The van der Waals surface area contributed by atoms with Gasteiger partial charge in [0.15, 0.2) is 5.60 Å². The maximum Gasteiger partial charge on any atom is 0.320 e. The molecule has 0 bridgehead atoms. The lowest BCUT2D eigenvalue weighted by molar-refractivity contribution is -0.138. The molecule has 1 aliphatic heterocycles. The Morgan fingerprint density at radius 1 is 1.09 bits per heavy atom. The van der Waals surface area contributed by atoms with Crippen molar-refractivity contribution in [3.05, 3.63) is 95.6 Å². The van der Waals surface area contributed by atoms with E-state index in [9.17, 15) is 13.6 Å². The van der Waals surface area contributed by atoms with Crippen LogP contribution in [0.15, 0.2) is 77.7 Å². The zero-order valence-electron chi connectivity index (χ0n) is 17.1. The van der Waals surface area contributed by atoms with Crippen molar-refractivity contribution in [2.24, 2.45) is 5.73 Å². The third-order valence-electron chi connectivity index (χ3n) is 5.26. The Morgan fingerprint density at radius 2 is 1.81 bits per heavy atom. The van der Waals surface area contributed by atoms with Gasteiger partial charge in [-0.1, -0.05) is 30.3 Å². The number of nitrogens with two attached hydrogens (primary N) is 1. The molecule has 1 atom stereocenters. The van der Waals surface area contributed by atoms with E-state index in [4.69, 9.17) is 15.6 Å². The maximum atomic E-state index is 14.6. The molecule has 1 aliphatic rings. The van der Waals surface area contributed by atoms with Crippen LogP contribution < -0.4 is 10.5 Å². The minimum atomic E-state index is -1.04. The van der Waals surface area contributed by atoms with Crippen molar-refractivity contribution in [2.75, 3.05) is 13.1 Å². The van der Waals surface area contributed by atoms with Gasteiger partial charge in [-0.25, -0.2) is 13.1 Å². The number of ether oxygens (including phenoxy) is 1. The summed E-state index contributed by atoms with van der Waals surface area (Å²) in [6.07, 6.45) is 0.233. The zero-order valence-corrected chi connectivity index (χ0v) is 17.9. The summed E-state index contributed by atoms with van der Waals surface area (Å²) in [5.74, 6) is -1.31. The van der Waals surface area contributed by atoms with Gasteiger partial charge in [-0.2, -0.15) is 0 Å². The third-order valence-corrected chi connectivity index (χ3v) is 6.24. The number of benzene rings is 3. The minimum absolute atomic E-state index is 0.233. The highest BCUT2D eigenvalue weighted by Gasteiger charge is 2.49. The summed E-state index contributed by atoms with van der Waals surface area (Å²) in [7, 11) is 0. The monoisotopic (exact) mass is 456 g/mol. The second-order valence-corrected chi connectivity index (χ2v) is 8.89. The van der Waals surface area contributed by atoms with Crippen molar-refractivity contribution in [3.8, 4) is 5.75 Å². The molecule has 166 valence electrons. The van der Waals surface area contributed by atoms with E-state index in [0.717, 1.165) is 10.5 Å². The van der Waals surface area contributed by atoms with E-state index < -0.39 is 17.6 Å². The van der Waals surface area contributed by atoms with Crippen molar-refractivity contribution in [1.29, 1.82) is 0 Å². The average Bonchev–Trinajstić information content (AvgIpc) is 2.74. The average molecular weight is 457 g/mol. The first-order valence-corrected chi connectivity index (χ1v) is 10.8. The molecular formula is C24H22F2N2O3S. The number of nitrogens with zero attached hydrogens (tertiary/aromatic N) is 1. The van der Waals surface area contributed by atoms with Gasteiger partial charge >= 0.3 is 5.97 Å². The maximum absolute atomic E-state index is 14.6. The fraction of sp³-hybridized carbons (Fsp3) is 0.208. The number of halogens is 2. The number of carbonyl (C=O) groups is 1. The van der Waals surface area contributed by atoms with Gasteiger partial charge < -0.3 is 15.6 Å². The van der Waals surface area contributed by atoms with E-state index in [1.54, 1.807) is 18.2 Å². The van der Waals surface area contributed by atoms with E-state index in [2.05, 4.69) is 0 Å². The second-order valence-electron chi connectivity index (χ2n) is 7.72. The summed E-state index contributed by atoms with van der Waals surface area (Å²) in [4.78, 5) is 11.9. The standard InChI is InChI=1S/C24H22F2N2O3S/c25-17-8-10-18(11-9-17)31-24(20-6-1-2-7-21(20)26)14-28(15-24)32-19-5-3-4-16(12-19)13-22(27)23(29)30/h1-12,22H,13-15,27H2,(H,29,30)/t22-/m0/s1. The molecule has 0 aromatic heterocycles. The quantitative estimate of drug-likeness (QED) is 0.495. The first kappa shape index (κ1) is 22.3. The molecule has 0 saturated carbocycles. The summed E-state index contributed by atoms with van der Waals surface area (Å²) in [6, 6.07) is 18.7. The molecule has 1 heterocycles. The highest BCUT2D eigenvalue weighted by molar-refractivity contribution is 7.97. The Hall–Kier alpha value is -2.94.